The molecule has 3 aromatic rings. The molecule has 3 rings (SSSR count). The van der Waals surface area contributed by atoms with E-state index in [1.54, 1.807) is 0 Å². The first-order valence-electron chi connectivity index (χ1n) is 9.68. The van der Waals surface area contributed by atoms with E-state index in [9.17, 15) is 4.79 Å². The van der Waals surface area contributed by atoms with Crippen LogP contribution >= 0.6 is 0 Å². The highest BCUT2D eigenvalue weighted by Crippen LogP contribution is 2.23. The molecule has 0 heterocycles. The van der Waals surface area contributed by atoms with Gasteiger partial charge >= 0.3 is 5.97 Å². The van der Waals surface area contributed by atoms with Crippen LogP contribution in [0.4, 0.5) is 0 Å². The van der Waals surface area contributed by atoms with Gasteiger partial charge in [0, 0.05) is 6.54 Å². The third-order valence-electron chi connectivity index (χ3n) is 4.17. The molecule has 1 N–H and O–H groups in total. The second kappa shape index (κ2) is 11.5. The van der Waals surface area contributed by atoms with Crippen molar-refractivity contribution in [2.75, 3.05) is 26.9 Å². The van der Waals surface area contributed by atoms with E-state index in [0.29, 0.717) is 19.8 Å². The Hall–Kier alpha value is -3.51. The van der Waals surface area contributed by atoms with Crippen LogP contribution < -0.4 is 19.5 Å². The third-order valence-corrected chi connectivity index (χ3v) is 4.17. The average Bonchev–Trinajstić information content (AvgIpc) is 2.79. The second-order valence-corrected chi connectivity index (χ2v) is 6.41. The highest BCUT2D eigenvalue weighted by molar-refractivity contribution is 5.71. The van der Waals surface area contributed by atoms with E-state index in [1.165, 1.54) is 7.11 Å². The number of hydrogen-bond acceptors (Lipinski definition) is 6. The number of esters is 1. The fourth-order valence-electron chi connectivity index (χ4n) is 2.63. The molecular weight excluding hydrogens is 382 g/mol. The number of carbonyl (C=O) groups is 1. The second-order valence-electron chi connectivity index (χ2n) is 6.41. The van der Waals surface area contributed by atoms with Crippen molar-refractivity contribution in [1.29, 1.82) is 0 Å². The minimum Gasteiger partial charge on any atom is -0.490 e. The Balaban J connectivity index is 1.35. The van der Waals surface area contributed by atoms with Crippen LogP contribution in [0.1, 0.15) is 5.56 Å². The lowest BCUT2D eigenvalue weighted by Crippen LogP contribution is -2.23. The Bertz CT molecular complexity index is 895. The molecule has 0 saturated carbocycles. The molecule has 0 aromatic heterocycles. The van der Waals surface area contributed by atoms with Gasteiger partial charge in [0.2, 0.25) is 0 Å². The monoisotopic (exact) mass is 407 g/mol. The van der Waals surface area contributed by atoms with Crippen LogP contribution in [0, 0.1) is 0 Å². The molecule has 0 unspecified atom stereocenters. The van der Waals surface area contributed by atoms with Crippen LogP contribution in [0.15, 0.2) is 78.9 Å². The van der Waals surface area contributed by atoms with Crippen molar-refractivity contribution in [2.24, 2.45) is 0 Å². The Morgan fingerprint density at radius 1 is 0.733 bits per heavy atom. The van der Waals surface area contributed by atoms with Crippen molar-refractivity contribution in [3.05, 3.63) is 84.4 Å². The minimum atomic E-state index is -0.284. The molecule has 156 valence electrons. The summed E-state index contributed by atoms with van der Waals surface area (Å²) < 4.78 is 21.8. The van der Waals surface area contributed by atoms with Gasteiger partial charge in [-0.25, -0.2) is 0 Å². The van der Waals surface area contributed by atoms with Crippen molar-refractivity contribution >= 4 is 5.97 Å². The molecule has 0 bridgehead atoms. The summed E-state index contributed by atoms with van der Waals surface area (Å²) in [5, 5.41) is 3.02. The van der Waals surface area contributed by atoms with E-state index >= 15 is 0 Å². The summed E-state index contributed by atoms with van der Waals surface area (Å²) in [5.41, 5.74) is 1.06. The minimum absolute atomic E-state index is 0.186. The van der Waals surface area contributed by atoms with Crippen LogP contribution in [-0.4, -0.2) is 32.8 Å². The SMILES string of the molecule is COC(=O)CNCc1ccc(OCCOc2ccc(Oc3ccccc3)cc2)cc1. The lowest BCUT2D eigenvalue weighted by Gasteiger charge is -2.10. The number of para-hydroxylation sites is 1. The molecule has 3 aromatic carbocycles. The number of benzene rings is 3. The van der Waals surface area contributed by atoms with Gasteiger partial charge in [0.15, 0.2) is 0 Å². The van der Waals surface area contributed by atoms with Gasteiger partial charge in [-0.05, 0) is 54.1 Å². The summed E-state index contributed by atoms with van der Waals surface area (Å²) >= 11 is 0. The van der Waals surface area contributed by atoms with E-state index in [4.69, 9.17) is 14.2 Å². The first-order chi connectivity index (χ1) is 14.7. The van der Waals surface area contributed by atoms with Gasteiger partial charge in [-0.1, -0.05) is 30.3 Å². The highest BCUT2D eigenvalue weighted by atomic mass is 16.5. The third kappa shape index (κ3) is 7.14. The predicted molar refractivity (Wildman–Crippen MR) is 114 cm³/mol. The molecule has 0 radical (unpaired) electrons. The summed E-state index contributed by atoms with van der Waals surface area (Å²) in [6, 6.07) is 24.8. The van der Waals surface area contributed by atoms with Crippen LogP contribution in [0.5, 0.6) is 23.0 Å². The van der Waals surface area contributed by atoms with Gasteiger partial charge in [-0.3, -0.25) is 4.79 Å². The summed E-state index contributed by atoms with van der Waals surface area (Å²) in [7, 11) is 1.37. The normalized spacial score (nSPS) is 10.3. The Labute approximate surface area is 176 Å². The zero-order valence-corrected chi connectivity index (χ0v) is 16.9. The average molecular weight is 407 g/mol. The van der Waals surface area contributed by atoms with E-state index in [1.807, 2.05) is 78.9 Å². The van der Waals surface area contributed by atoms with Crippen LogP contribution in [0.3, 0.4) is 0 Å². The number of rotatable bonds is 11. The molecule has 0 saturated heterocycles. The van der Waals surface area contributed by atoms with Crippen molar-refractivity contribution in [3.8, 4) is 23.0 Å². The lowest BCUT2D eigenvalue weighted by molar-refractivity contribution is -0.139. The Morgan fingerprint density at radius 3 is 1.87 bits per heavy atom. The summed E-state index contributed by atoms with van der Waals surface area (Å²) in [4.78, 5) is 11.1. The summed E-state index contributed by atoms with van der Waals surface area (Å²) in [6.45, 7) is 1.64. The zero-order chi connectivity index (χ0) is 21.0. The maximum Gasteiger partial charge on any atom is 0.319 e. The molecule has 6 nitrogen and oxygen atoms in total. The van der Waals surface area contributed by atoms with Gasteiger partial charge < -0.3 is 24.3 Å². The maximum absolute atomic E-state index is 11.1. The number of hydrogen-bond donors (Lipinski definition) is 1. The molecule has 0 aliphatic rings. The summed E-state index contributed by atoms with van der Waals surface area (Å²) in [5.74, 6) is 2.79. The smallest absolute Gasteiger partial charge is 0.319 e. The molecule has 0 amide bonds. The standard InChI is InChI=1S/C24H25NO5/c1-27-24(26)18-25-17-19-7-9-20(10-8-19)28-15-16-29-21-11-13-23(14-12-21)30-22-5-3-2-4-6-22/h2-14,25H,15-18H2,1H3. The van der Waals surface area contributed by atoms with Crippen LogP contribution in [-0.2, 0) is 16.1 Å². The van der Waals surface area contributed by atoms with Crippen LogP contribution in [0.25, 0.3) is 0 Å². The van der Waals surface area contributed by atoms with Crippen LogP contribution in [0.2, 0.25) is 0 Å². The van der Waals surface area contributed by atoms with E-state index in [-0.39, 0.29) is 12.5 Å². The maximum atomic E-state index is 11.1. The van der Waals surface area contributed by atoms with Crippen molar-refractivity contribution < 1.29 is 23.7 Å². The van der Waals surface area contributed by atoms with E-state index in [2.05, 4.69) is 10.1 Å². The predicted octanol–water partition coefficient (Wildman–Crippen LogP) is 4.20. The molecule has 6 heteroatoms. The van der Waals surface area contributed by atoms with Gasteiger partial charge in [0.05, 0.1) is 13.7 Å². The lowest BCUT2D eigenvalue weighted by atomic mass is 10.2. The molecule has 0 spiro atoms. The molecule has 30 heavy (non-hydrogen) atoms. The van der Waals surface area contributed by atoms with Gasteiger partial charge in [-0.15, -0.1) is 0 Å². The topological polar surface area (TPSA) is 66.0 Å². The summed E-state index contributed by atoms with van der Waals surface area (Å²) in [6.07, 6.45) is 0. The first-order valence-corrected chi connectivity index (χ1v) is 9.68. The number of methoxy groups -OCH3 is 1. The molecule has 0 aliphatic heterocycles. The van der Waals surface area contributed by atoms with Crippen molar-refractivity contribution in [3.63, 3.8) is 0 Å². The van der Waals surface area contributed by atoms with E-state index < -0.39 is 0 Å². The Morgan fingerprint density at radius 2 is 1.27 bits per heavy atom. The molecule has 0 fully saturated rings. The van der Waals surface area contributed by atoms with Gasteiger partial charge in [-0.2, -0.15) is 0 Å². The fraction of sp³-hybridized carbons (Fsp3) is 0.208. The molecular formula is C24H25NO5. The molecule has 0 aliphatic carbocycles. The number of nitrogens with one attached hydrogen (secondary N) is 1. The van der Waals surface area contributed by atoms with Gasteiger partial charge in [0.25, 0.3) is 0 Å². The molecule has 0 atom stereocenters. The highest BCUT2D eigenvalue weighted by Gasteiger charge is 2.01. The Kier molecular flexibility index (Phi) is 8.12. The first kappa shape index (κ1) is 21.2. The van der Waals surface area contributed by atoms with Crippen molar-refractivity contribution in [2.45, 2.75) is 6.54 Å². The van der Waals surface area contributed by atoms with E-state index in [0.717, 1.165) is 28.6 Å². The zero-order valence-electron chi connectivity index (χ0n) is 16.9. The fourth-order valence-corrected chi connectivity index (χ4v) is 2.63. The number of carbonyl (C=O) groups excluding carboxylic acids is 1. The van der Waals surface area contributed by atoms with Crippen molar-refractivity contribution in [1.82, 2.24) is 5.32 Å². The van der Waals surface area contributed by atoms with Gasteiger partial charge in [0.1, 0.15) is 36.2 Å². The number of ether oxygens (including phenoxy) is 4. The quantitative estimate of drug-likeness (QED) is 0.380. The largest absolute Gasteiger partial charge is 0.490 e.